The Bertz CT molecular complexity index is 1440. The molecule has 0 radical (unpaired) electrons. The quantitative estimate of drug-likeness (QED) is 0.295. The molecule has 1 heterocycles. The Labute approximate surface area is 218 Å². The number of urea groups is 1. The van der Waals surface area contributed by atoms with Crippen molar-refractivity contribution in [1.82, 2.24) is 14.5 Å². The van der Waals surface area contributed by atoms with Crippen molar-refractivity contribution >= 4 is 38.6 Å². The van der Waals surface area contributed by atoms with Gasteiger partial charge in [0.15, 0.2) is 0 Å². The monoisotopic (exact) mass is 548 g/mol. The van der Waals surface area contributed by atoms with Crippen LogP contribution in [0, 0.1) is 0 Å². The van der Waals surface area contributed by atoms with E-state index in [0.29, 0.717) is 35.6 Å². The number of nitrogens with zero attached hydrogens (tertiary/aromatic N) is 3. The average Bonchev–Trinajstić information content (AvgIpc) is 2.90. The highest BCUT2D eigenvalue weighted by molar-refractivity contribution is 9.10. The number of rotatable bonds is 8. The summed E-state index contributed by atoms with van der Waals surface area (Å²) in [7, 11) is 1.59. The molecule has 0 fully saturated rings. The largest absolute Gasteiger partial charge is 0.383 e. The molecule has 1 aromatic heterocycles. The van der Waals surface area contributed by atoms with Gasteiger partial charge in [-0.3, -0.25) is 9.36 Å². The number of methoxy groups -OCH3 is 1. The lowest BCUT2D eigenvalue weighted by Gasteiger charge is -2.31. The molecule has 1 atom stereocenters. The molecule has 1 N–H and O–H groups in total. The minimum atomic E-state index is -0.537. The van der Waals surface area contributed by atoms with E-state index < -0.39 is 6.04 Å². The van der Waals surface area contributed by atoms with Crippen LogP contribution in [0.1, 0.15) is 31.3 Å². The van der Waals surface area contributed by atoms with Crippen molar-refractivity contribution in [3.8, 4) is 5.69 Å². The van der Waals surface area contributed by atoms with Crippen LogP contribution in [-0.2, 0) is 11.2 Å². The van der Waals surface area contributed by atoms with Crippen LogP contribution in [0.4, 0.5) is 10.5 Å². The highest BCUT2D eigenvalue weighted by Crippen LogP contribution is 2.27. The summed E-state index contributed by atoms with van der Waals surface area (Å²) in [5.74, 6) is 0.484. The second kappa shape index (κ2) is 11.5. The molecule has 0 aliphatic heterocycles. The van der Waals surface area contributed by atoms with Crippen LogP contribution >= 0.6 is 15.9 Å². The van der Waals surface area contributed by atoms with Crippen LogP contribution in [0.15, 0.2) is 82.1 Å². The van der Waals surface area contributed by atoms with E-state index in [9.17, 15) is 9.59 Å². The third-order valence-electron chi connectivity index (χ3n) is 6.17. The van der Waals surface area contributed by atoms with Gasteiger partial charge in [0.2, 0.25) is 0 Å². The predicted octanol–water partition coefficient (Wildman–Crippen LogP) is 5.95. The molecule has 2 amide bonds. The Morgan fingerprint density at radius 3 is 2.53 bits per heavy atom. The predicted molar refractivity (Wildman–Crippen MR) is 147 cm³/mol. The average molecular weight is 549 g/mol. The van der Waals surface area contributed by atoms with Gasteiger partial charge in [-0.1, -0.05) is 49.4 Å². The molecule has 186 valence electrons. The van der Waals surface area contributed by atoms with Crippen molar-refractivity contribution in [2.24, 2.45) is 0 Å². The first-order chi connectivity index (χ1) is 17.5. The molecule has 0 spiro atoms. The summed E-state index contributed by atoms with van der Waals surface area (Å²) in [4.78, 5) is 33.9. The zero-order valence-corrected chi connectivity index (χ0v) is 22.2. The Morgan fingerprint density at radius 2 is 1.78 bits per heavy atom. The van der Waals surface area contributed by atoms with Crippen molar-refractivity contribution in [3.63, 3.8) is 0 Å². The van der Waals surface area contributed by atoms with Crippen molar-refractivity contribution < 1.29 is 9.53 Å². The number of anilines is 1. The minimum Gasteiger partial charge on any atom is -0.383 e. The number of nitrogens with one attached hydrogen (secondary N) is 1. The van der Waals surface area contributed by atoms with Crippen LogP contribution in [0.2, 0.25) is 0 Å². The molecule has 8 heteroatoms. The van der Waals surface area contributed by atoms with E-state index in [2.05, 4.69) is 28.2 Å². The molecular weight excluding hydrogens is 520 g/mol. The van der Waals surface area contributed by atoms with E-state index >= 15 is 0 Å². The molecule has 0 bridgehead atoms. The third kappa shape index (κ3) is 5.20. The number of aryl methyl sites for hydroxylation is 1. The number of ether oxygens (including phenoxy) is 1. The van der Waals surface area contributed by atoms with Gasteiger partial charge in [0.1, 0.15) is 5.82 Å². The standard InChI is InChI=1S/C28H29BrN4O3/c1-4-20-11-5-10-16-25(20)33-26(30-23-14-8-6-12-21(23)27(33)34)19(2)32(17-18-36-3)28(35)31-24-15-9-7-13-22(24)29/h5-16,19H,4,17-18H2,1-3H3,(H,31,35). The fourth-order valence-electron chi connectivity index (χ4n) is 4.24. The highest BCUT2D eigenvalue weighted by Gasteiger charge is 2.27. The summed E-state index contributed by atoms with van der Waals surface area (Å²) >= 11 is 3.49. The maximum Gasteiger partial charge on any atom is 0.322 e. The Balaban J connectivity index is 1.87. The van der Waals surface area contributed by atoms with Gasteiger partial charge in [0, 0.05) is 18.1 Å². The van der Waals surface area contributed by atoms with Crippen LogP contribution in [0.25, 0.3) is 16.6 Å². The molecular formula is C28H29BrN4O3. The molecule has 0 saturated carbocycles. The van der Waals surface area contributed by atoms with Crippen molar-refractivity contribution in [3.05, 3.63) is 99.0 Å². The first-order valence-corrected chi connectivity index (χ1v) is 12.7. The zero-order valence-electron chi connectivity index (χ0n) is 20.6. The van der Waals surface area contributed by atoms with Crippen molar-refractivity contribution in [2.75, 3.05) is 25.6 Å². The molecule has 0 aliphatic rings. The van der Waals surface area contributed by atoms with E-state index in [0.717, 1.165) is 22.1 Å². The SMILES string of the molecule is CCc1ccccc1-n1c(C(C)N(CCOC)C(=O)Nc2ccccc2Br)nc2ccccc2c1=O. The summed E-state index contributed by atoms with van der Waals surface area (Å²) in [6.07, 6.45) is 0.749. The summed E-state index contributed by atoms with van der Waals surface area (Å²) < 4.78 is 7.73. The number of carbonyl (C=O) groups excluding carboxylic acids is 1. The van der Waals surface area contributed by atoms with Gasteiger partial charge in [-0.2, -0.15) is 0 Å². The van der Waals surface area contributed by atoms with E-state index in [1.807, 2.05) is 73.7 Å². The molecule has 1 unspecified atom stereocenters. The summed E-state index contributed by atoms with van der Waals surface area (Å²) in [5, 5.41) is 3.50. The fraction of sp³-hybridized carbons (Fsp3) is 0.250. The van der Waals surface area contributed by atoms with Crippen LogP contribution in [0.5, 0.6) is 0 Å². The number of benzene rings is 3. The van der Waals surface area contributed by atoms with Gasteiger partial charge in [-0.15, -0.1) is 0 Å². The maximum atomic E-state index is 13.8. The van der Waals surface area contributed by atoms with Crippen LogP contribution in [-0.4, -0.2) is 40.7 Å². The Kier molecular flexibility index (Phi) is 8.18. The number of amides is 2. The Morgan fingerprint density at radius 1 is 1.08 bits per heavy atom. The smallest absolute Gasteiger partial charge is 0.322 e. The first-order valence-electron chi connectivity index (χ1n) is 11.9. The molecule has 4 rings (SSSR count). The van der Waals surface area contributed by atoms with Crippen molar-refractivity contribution in [2.45, 2.75) is 26.3 Å². The van der Waals surface area contributed by atoms with Gasteiger partial charge in [-0.05, 0) is 65.2 Å². The third-order valence-corrected chi connectivity index (χ3v) is 6.86. The fourth-order valence-corrected chi connectivity index (χ4v) is 4.62. The number of aromatic nitrogens is 2. The van der Waals surface area contributed by atoms with E-state index in [1.165, 1.54) is 0 Å². The Hall–Kier alpha value is -3.49. The number of para-hydroxylation sites is 3. The molecule has 7 nitrogen and oxygen atoms in total. The number of hydrogen-bond acceptors (Lipinski definition) is 4. The summed E-state index contributed by atoms with van der Waals surface area (Å²) in [6.45, 7) is 4.58. The van der Waals surface area contributed by atoms with E-state index in [-0.39, 0.29) is 11.6 Å². The van der Waals surface area contributed by atoms with Gasteiger partial charge < -0.3 is 15.0 Å². The molecule has 3 aromatic carbocycles. The van der Waals surface area contributed by atoms with Gasteiger partial charge in [-0.25, -0.2) is 9.78 Å². The van der Waals surface area contributed by atoms with Gasteiger partial charge in [0.05, 0.1) is 34.9 Å². The van der Waals surface area contributed by atoms with E-state index in [4.69, 9.17) is 9.72 Å². The molecule has 0 aliphatic carbocycles. The maximum absolute atomic E-state index is 13.8. The highest BCUT2D eigenvalue weighted by atomic mass is 79.9. The molecule has 4 aromatic rings. The van der Waals surface area contributed by atoms with Crippen molar-refractivity contribution in [1.29, 1.82) is 0 Å². The lowest BCUT2D eigenvalue weighted by Crippen LogP contribution is -2.41. The van der Waals surface area contributed by atoms with Gasteiger partial charge in [0.25, 0.3) is 5.56 Å². The first kappa shape index (κ1) is 25.6. The topological polar surface area (TPSA) is 76.5 Å². The second-order valence-electron chi connectivity index (χ2n) is 8.38. The molecule has 36 heavy (non-hydrogen) atoms. The number of fused-ring (bicyclic) bond motifs is 1. The van der Waals surface area contributed by atoms with E-state index in [1.54, 1.807) is 22.6 Å². The second-order valence-corrected chi connectivity index (χ2v) is 9.24. The summed E-state index contributed by atoms with van der Waals surface area (Å²) in [6, 6.07) is 21.7. The van der Waals surface area contributed by atoms with Gasteiger partial charge >= 0.3 is 6.03 Å². The van der Waals surface area contributed by atoms with Crippen LogP contribution < -0.4 is 10.9 Å². The minimum absolute atomic E-state index is 0.166. The molecule has 0 saturated heterocycles. The normalized spacial score (nSPS) is 11.9. The lowest BCUT2D eigenvalue weighted by molar-refractivity contribution is 0.137. The lowest BCUT2D eigenvalue weighted by atomic mass is 10.1. The van der Waals surface area contributed by atoms with Crippen LogP contribution in [0.3, 0.4) is 0 Å². The zero-order chi connectivity index (χ0) is 25.7. The number of halogens is 1. The summed E-state index contributed by atoms with van der Waals surface area (Å²) in [5.41, 5.74) is 2.86. The number of carbonyl (C=O) groups is 1. The number of hydrogen-bond donors (Lipinski definition) is 1.